The van der Waals surface area contributed by atoms with Gasteiger partial charge in [-0.15, -0.1) is 0 Å². The third-order valence-electron chi connectivity index (χ3n) is 2.21. The maximum absolute atomic E-state index is 11.2. The van der Waals surface area contributed by atoms with Gasteiger partial charge in [0.25, 0.3) is 0 Å². The molecule has 0 aliphatic carbocycles. The van der Waals surface area contributed by atoms with Crippen LogP contribution in [0.2, 0.25) is 0 Å². The van der Waals surface area contributed by atoms with Crippen LogP contribution in [0.1, 0.15) is 11.6 Å². The van der Waals surface area contributed by atoms with Crippen LogP contribution in [-0.4, -0.2) is 27.6 Å². The van der Waals surface area contributed by atoms with E-state index in [1.807, 2.05) is 0 Å². The second-order valence-electron chi connectivity index (χ2n) is 3.47. The van der Waals surface area contributed by atoms with E-state index in [1.54, 1.807) is 19.2 Å². The number of hydrogen-bond acceptors (Lipinski definition) is 4. The molecule has 1 unspecified atom stereocenters. The number of nitrogens with one attached hydrogen (secondary N) is 1. The maximum Gasteiger partial charge on any atom is 0.239 e. The van der Waals surface area contributed by atoms with Gasteiger partial charge in [0.15, 0.2) is 9.84 Å². The SMILES string of the molecule is CNC(C(N)=O)c1ccc(S(C)(=O)=O)cc1. The fourth-order valence-corrected chi connectivity index (χ4v) is 2.01. The maximum atomic E-state index is 11.2. The fourth-order valence-electron chi connectivity index (χ4n) is 1.38. The van der Waals surface area contributed by atoms with E-state index in [-0.39, 0.29) is 4.90 Å². The van der Waals surface area contributed by atoms with Crippen molar-refractivity contribution in [3.05, 3.63) is 29.8 Å². The van der Waals surface area contributed by atoms with E-state index in [1.165, 1.54) is 12.1 Å². The lowest BCUT2D eigenvalue weighted by Crippen LogP contribution is -2.31. The Bertz CT molecular complexity index is 479. The van der Waals surface area contributed by atoms with Crippen molar-refractivity contribution in [1.82, 2.24) is 5.32 Å². The number of amides is 1. The number of hydrogen-bond donors (Lipinski definition) is 2. The lowest BCUT2D eigenvalue weighted by atomic mass is 10.1. The zero-order chi connectivity index (χ0) is 12.3. The Labute approximate surface area is 94.6 Å². The Morgan fingerprint density at radius 1 is 1.31 bits per heavy atom. The first-order valence-electron chi connectivity index (χ1n) is 4.63. The summed E-state index contributed by atoms with van der Waals surface area (Å²) >= 11 is 0. The lowest BCUT2D eigenvalue weighted by molar-refractivity contribution is -0.120. The number of nitrogens with two attached hydrogens (primary N) is 1. The highest BCUT2D eigenvalue weighted by Crippen LogP contribution is 2.15. The molecule has 1 atom stereocenters. The monoisotopic (exact) mass is 242 g/mol. The highest BCUT2D eigenvalue weighted by atomic mass is 32.2. The Morgan fingerprint density at radius 2 is 1.81 bits per heavy atom. The van der Waals surface area contributed by atoms with E-state index < -0.39 is 21.8 Å². The molecule has 0 aromatic heterocycles. The van der Waals surface area contributed by atoms with E-state index in [2.05, 4.69) is 5.32 Å². The standard InChI is InChI=1S/C10H14N2O3S/c1-12-9(10(11)13)7-3-5-8(6-4-7)16(2,14)15/h3-6,9,12H,1-2H3,(H2,11,13). The molecule has 0 bridgehead atoms. The molecule has 5 nitrogen and oxygen atoms in total. The lowest BCUT2D eigenvalue weighted by Gasteiger charge is -2.12. The summed E-state index contributed by atoms with van der Waals surface area (Å²) in [6.45, 7) is 0. The third kappa shape index (κ3) is 2.80. The van der Waals surface area contributed by atoms with Gasteiger partial charge in [-0.25, -0.2) is 8.42 Å². The molecular formula is C10H14N2O3S. The van der Waals surface area contributed by atoms with Crippen LogP contribution in [0.25, 0.3) is 0 Å². The normalized spacial score (nSPS) is 13.4. The number of rotatable bonds is 4. The molecule has 0 fully saturated rings. The van der Waals surface area contributed by atoms with Crippen molar-refractivity contribution < 1.29 is 13.2 Å². The summed E-state index contributed by atoms with van der Waals surface area (Å²) in [4.78, 5) is 11.3. The van der Waals surface area contributed by atoms with Crippen molar-refractivity contribution in [3.63, 3.8) is 0 Å². The van der Waals surface area contributed by atoms with Gasteiger partial charge in [0.05, 0.1) is 4.90 Å². The van der Waals surface area contributed by atoms with Gasteiger partial charge < -0.3 is 11.1 Å². The summed E-state index contributed by atoms with van der Waals surface area (Å²) in [6, 6.07) is 5.45. The van der Waals surface area contributed by atoms with Gasteiger partial charge in [0, 0.05) is 6.26 Å². The summed E-state index contributed by atoms with van der Waals surface area (Å²) in [5, 5.41) is 2.75. The topological polar surface area (TPSA) is 89.3 Å². The van der Waals surface area contributed by atoms with Crippen LogP contribution in [0.5, 0.6) is 0 Å². The Balaban J connectivity index is 3.08. The third-order valence-corrected chi connectivity index (χ3v) is 3.34. The minimum atomic E-state index is -3.21. The van der Waals surface area contributed by atoms with Gasteiger partial charge in [-0.2, -0.15) is 0 Å². The largest absolute Gasteiger partial charge is 0.368 e. The molecule has 0 saturated carbocycles. The van der Waals surface area contributed by atoms with Crippen molar-refractivity contribution in [2.45, 2.75) is 10.9 Å². The van der Waals surface area contributed by atoms with Crippen LogP contribution in [0.4, 0.5) is 0 Å². The van der Waals surface area contributed by atoms with Gasteiger partial charge >= 0.3 is 0 Å². The van der Waals surface area contributed by atoms with Gasteiger partial charge in [-0.3, -0.25) is 4.79 Å². The Kier molecular flexibility index (Phi) is 3.66. The minimum absolute atomic E-state index is 0.218. The van der Waals surface area contributed by atoms with Gasteiger partial charge in [-0.05, 0) is 24.7 Å². The number of carbonyl (C=O) groups is 1. The molecule has 0 heterocycles. The summed E-state index contributed by atoms with van der Waals surface area (Å²) < 4.78 is 22.4. The van der Waals surface area contributed by atoms with Crippen LogP contribution in [0.15, 0.2) is 29.2 Å². The average Bonchev–Trinajstić information content (AvgIpc) is 2.17. The van der Waals surface area contributed by atoms with Crippen molar-refractivity contribution in [2.24, 2.45) is 5.73 Å². The van der Waals surface area contributed by atoms with Crippen LogP contribution in [0, 0.1) is 0 Å². The molecule has 1 aromatic rings. The number of sulfone groups is 1. The zero-order valence-electron chi connectivity index (χ0n) is 9.10. The van der Waals surface area contributed by atoms with Gasteiger partial charge in [0.2, 0.25) is 5.91 Å². The number of likely N-dealkylation sites (N-methyl/N-ethyl adjacent to an activating group) is 1. The average molecular weight is 242 g/mol. The summed E-state index contributed by atoms with van der Waals surface area (Å²) in [6.07, 6.45) is 1.13. The molecule has 0 radical (unpaired) electrons. The highest BCUT2D eigenvalue weighted by molar-refractivity contribution is 7.90. The number of benzene rings is 1. The first-order chi connectivity index (χ1) is 7.36. The smallest absolute Gasteiger partial charge is 0.239 e. The molecular weight excluding hydrogens is 228 g/mol. The van der Waals surface area contributed by atoms with E-state index in [0.717, 1.165) is 6.26 Å². The van der Waals surface area contributed by atoms with Gasteiger partial charge in [0.1, 0.15) is 6.04 Å². The summed E-state index contributed by atoms with van der Waals surface area (Å²) in [7, 11) is -1.60. The summed E-state index contributed by atoms with van der Waals surface area (Å²) in [5.41, 5.74) is 5.82. The Morgan fingerprint density at radius 3 is 2.12 bits per heavy atom. The molecule has 1 aromatic carbocycles. The molecule has 1 amide bonds. The predicted molar refractivity (Wildman–Crippen MR) is 60.5 cm³/mol. The van der Waals surface area contributed by atoms with Crippen LogP contribution in [0.3, 0.4) is 0 Å². The molecule has 3 N–H and O–H groups in total. The summed E-state index contributed by atoms with van der Waals surface area (Å²) in [5.74, 6) is -0.505. The molecule has 6 heteroatoms. The first-order valence-corrected chi connectivity index (χ1v) is 6.52. The van der Waals surface area contributed by atoms with E-state index >= 15 is 0 Å². The van der Waals surface area contributed by atoms with E-state index in [9.17, 15) is 13.2 Å². The van der Waals surface area contributed by atoms with E-state index in [4.69, 9.17) is 5.73 Å². The predicted octanol–water partition coefficient (Wildman–Crippen LogP) is -0.164. The fraction of sp³-hybridized carbons (Fsp3) is 0.300. The first kappa shape index (κ1) is 12.7. The van der Waals surface area contributed by atoms with Crippen molar-refractivity contribution in [2.75, 3.05) is 13.3 Å². The molecule has 0 saturated heterocycles. The quantitative estimate of drug-likeness (QED) is 0.767. The number of carbonyl (C=O) groups excluding carboxylic acids is 1. The second kappa shape index (κ2) is 4.63. The molecule has 16 heavy (non-hydrogen) atoms. The molecule has 88 valence electrons. The zero-order valence-corrected chi connectivity index (χ0v) is 9.91. The second-order valence-corrected chi connectivity index (χ2v) is 5.48. The van der Waals surface area contributed by atoms with Gasteiger partial charge in [-0.1, -0.05) is 12.1 Å². The number of primary amides is 1. The highest BCUT2D eigenvalue weighted by Gasteiger charge is 2.15. The minimum Gasteiger partial charge on any atom is -0.368 e. The van der Waals surface area contributed by atoms with Crippen molar-refractivity contribution in [3.8, 4) is 0 Å². The van der Waals surface area contributed by atoms with Crippen LogP contribution < -0.4 is 11.1 Å². The molecule has 1 rings (SSSR count). The molecule has 0 aliphatic heterocycles. The van der Waals surface area contributed by atoms with Crippen molar-refractivity contribution in [1.29, 1.82) is 0 Å². The van der Waals surface area contributed by atoms with Crippen LogP contribution >= 0.6 is 0 Å². The Hall–Kier alpha value is -1.40. The van der Waals surface area contributed by atoms with Crippen LogP contribution in [-0.2, 0) is 14.6 Å². The molecule has 0 spiro atoms. The molecule has 0 aliphatic rings. The van der Waals surface area contributed by atoms with E-state index in [0.29, 0.717) is 5.56 Å². The van der Waals surface area contributed by atoms with Crippen molar-refractivity contribution >= 4 is 15.7 Å².